The molecule has 23 heavy (non-hydrogen) atoms. The van der Waals surface area contributed by atoms with Crippen molar-refractivity contribution in [1.29, 1.82) is 0 Å². The molecule has 0 saturated carbocycles. The minimum atomic E-state index is 0.547. The van der Waals surface area contributed by atoms with Crippen LogP contribution in [0.1, 0.15) is 24.8 Å². The highest BCUT2D eigenvalue weighted by molar-refractivity contribution is 5.87. The van der Waals surface area contributed by atoms with Crippen molar-refractivity contribution in [1.82, 2.24) is 4.90 Å². The van der Waals surface area contributed by atoms with Crippen LogP contribution in [0.4, 0.5) is 0 Å². The van der Waals surface area contributed by atoms with Gasteiger partial charge in [-0.2, -0.15) is 0 Å². The zero-order valence-electron chi connectivity index (χ0n) is 13.3. The predicted octanol–water partition coefficient (Wildman–Crippen LogP) is 4.06. The zero-order chi connectivity index (χ0) is 15.5. The average Bonchev–Trinajstić information content (AvgIpc) is 2.62. The van der Waals surface area contributed by atoms with E-state index in [0.717, 1.165) is 24.9 Å². The maximum absolute atomic E-state index is 5.59. The molecule has 2 heterocycles. The van der Waals surface area contributed by atoms with Gasteiger partial charge in [-0.05, 0) is 17.6 Å². The minimum Gasteiger partial charge on any atom is -0.391 e. The first-order valence-electron chi connectivity index (χ1n) is 8.44. The Bertz CT molecular complexity index is 685. The van der Waals surface area contributed by atoms with E-state index in [2.05, 4.69) is 46.5 Å². The third kappa shape index (κ3) is 3.09. The number of rotatable bonds is 3. The summed E-state index contributed by atoms with van der Waals surface area (Å²) in [7, 11) is 0. The number of hydrogen-bond donors (Lipinski definition) is 0. The molecule has 1 saturated heterocycles. The number of oxime groups is 1. The molecule has 1 unspecified atom stereocenters. The highest BCUT2D eigenvalue weighted by Gasteiger charge is 2.29. The Hall–Kier alpha value is -2.29. The van der Waals surface area contributed by atoms with Crippen molar-refractivity contribution in [3.8, 4) is 0 Å². The molecular formula is C20H22N2O. The van der Waals surface area contributed by atoms with E-state index in [1.165, 1.54) is 29.9 Å². The fourth-order valence-electron chi connectivity index (χ4n) is 3.62. The largest absolute Gasteiger partial charge is 0.391 e. The van der Waals surface area contributed by atoms with E-state index in [-0.39, 0.29) is 0 Å². The van der Waals surface area contributed by atoms with Crippen LogP contribution in [0.3, 0.4) is 0 Å². The summed E-state index contributed by atoms with van der Waals surface area (Å²) >= 11 is 0. The van der Waals surface area contributed by atoms with Crippen LogP contribution in [0.5, 0.6) is 0 Å². The Morgan fingerprint density at radius 1 is 1.13 bits per heavy atom. The van der Waals surface area contributed by atoms with Gasteiger partial charge in [0.2, 0.25) is 0 Å². The van der Waals surface area contributed by atoms with Gasteiger partial charge in [-0.15, -0.1) is 0 Å². The van der Waals surface area contributed by atoms with E-state index in [4.69, 9.17) is 4.84 Å². The summed E-state index contributed by atoms with van der Waals surface area (Å²) in [6.45, 7) is 2.78. The summed E-state index contributed by atoms with van der Waals surface area (Å²) < 4.78 is 0. The summed E-state index contributed by atoms with van der Waals surface area (Å²) in [5.74, 6) is 0.593. The highest BCUT2D eigenvalue weighted by Crippen LogP contribution is 2.35. The zero-order valence-corrected chi connectivity index (χ0v) is 13.3. The lowest BCUT2D eigenvalue weighted by Crippen LogP contribution is -2.38. The van der Waals surface area contributed by atoms with Gasteiger partial charge in [0, 0.05) is 37.5 Å². The van der Waals surface area contributed by atoms with Gasteiger partial charge < -0.3 is 9.74 Å². The van der Waals surface area contributed by atoms with Gasteiger partial charge in [0.05, 0.1) is 5.71 Å². The molecule has 2 aliphatic heterocycles. The molecule has 118 valence electrons. The van der Waals surface area contributed by atoms with Crippen LogP contribution in [0, 0.1) is 5.92 Å². The molecule has 0 radical (unpaired) electrons. The molecule has 1 aromatic rings. The number of piperidine rings is 1. The van der Waals surface area contributed by atoms with Crippen molar-refractivity contribution in [2.75, 3.05) is 13.1 Å². The number of nitrogens with zero attached hydrogens (tertiary/aromatic N) is 2. The highest BCUT2D eigenvalue weighted by atomic mass is 16.6. The Kier molecular flexibility index (Phi) is 4.01. The summed E-state index contributed by atoms with van der Waals surface area (Å²) in [4.78, 5) is 8.12. The van der Waals surface area contributed by atoms with Gasteiger partial charge in [-0.1, -0.05) is 59.8 Å². The van der Waals surface area contributed by atoms with Crippen LogP contribution in [0.2, 0.25) is 0 Å². The molecule has 4 rings (SSSR count). The first kappa shape index (κ1) is 14.3. The van der Waals surface area contributed by atoms with Gasteiger partial charge >= 0.3 is 0 Å². The maximum Gasteiger partial charge on any atom is 0.142 e. The molecule has 0 aromatic heterocycles. The van der Waals surface area contributed by atoms with Gasteiger partial charge in [-0.3, -0.25) is 0 Å². The Balaban J connectivity index is 1.46. The number of allylic oxidation sites excluding steroid dienone is 6. The normalized spacial score (nSPS) is 24.6. The summed E-state index contributed by atoms with van der Waals surface area (Å²) in [6.07, 6.45) is 12.1. The maximum atomic E-state index is 5.59. The SMILES string of the molecule is C1=CC2=C3CC(=NOCc4ccccc4)CCN3CCC2C=C1. The third-order valence-corrected chi connectivity index (χ3v) is 4.86. The van der Waals surface area contributed by atoms with Crippen molar-refractivity contribution in [3.05, 3.63) is 71.5 Å². The molecule has 0 bridgehead atoms. The molecule has 1 aromatic carbocycles. The van der Waals surface area contributed by atoms with Crippen LogP contribution in [-0.4, -0.2) is 23.7 Å². The molecule has 3 heteroatoms. The van der Waals surface area contributed by atoms with Crippen molar-refractivity contribution < 1.29 is 4.84 Å². The molecule has 3 aliphatic rings. The average molecular weight is 306 g/mol. The molecule has 1 atom stereocenters. The molecule has 0 spiro atoms. The van der Waals surface area contributed by atoms with E-state index >= 15 is 0 Å². The van der Waals surface area contributed by atoms with Crippen LogP contribution >= 0.6 is 0 Å². The number of benzene rings is 1. The second kappa shape index (κ2) is 6.45. The smallest absolute Gasteiger partial charge is 0.142 e. The van der Waals surface area contributed by atoms with Crippen LogP contribution in [-0.2, 0) is 11.4 Å². The summed E-state index contributed by atoms with van der Waals surface area (Å²) in [6, 6.07) is 10.2. The minimum absolute atomic E-state index is 0.547. The van der Waals surface area contributed by atoms with Gasteiger partial charge in [0.25, 0.3) is 0 Å². The standard InChI is InChI=1S/C20H22N2O/c1-2-6-16(7-3-1)15-23-21-18-11-13-22-12-10-17-8-4-5-9-19(17)20(22)14-18/h1-9,17H,10-15H2. The Morgan fingerprint density at radius 2 is 2.04 bits per heavy atom. The van der Waals surface area contributed by atoms with E-state index in [1.54, 1.807) is 0 Å². The Morgan fingerprint density at radius 3 is 2.96 bits per heavy atom. The van der Waals surface area contributed by atoms with E-state index < -0.39 is 0 Å². The summed E-state index contributed by atoms with van der Waals surface area (Å²) in [5.41, 5.74) is 5.27. The fourth-order valence-corrected chi connectivity index (χ4v) is 3.62. The lowest BCUT2D eigenvalue weighted by atomic mass is 9.83. The van der Waals surface area contributed by atoms with Crippen LogP contribution in [0.15, 0.2) is 71.1 Å². The predicted molar refractivity (Wildman–Crippen MR) is 92.9 cm³/mol. The second-order valence-electron chi connectivity index (χ2n) is 6.37. The van der Waals surface area contributed by atoms with Gasteiger partial charge in [-0.25, -0.2) is 0 Å². The topological polar surface area (TPSA) is 24.8 Å². The van der Waals surface area contributed by atoms with Crippen molar-refractivity contribution in [2.24, 2.45) is 11.1 Å². The molecule has 1 fully saturated rings. The Labute approximate surface area is 137 Å². The molecule has 1 aliphatic carbocycles. The van der Waals surface area contributed by atoms with E-state index in [1.807, 2.05) is 18.2 Å². The lowest BCUT2D eigenvalue weighted by Gasteiger charge is -2.40. The molecule has 0 N–H and O–H groups in total. The second-order valence-corrected chi connectivity index (χ2v) is 6.37. The summed E-state index contributed by atoms with van der Waals surface area (Å²) in [5, 5.41) is 4.42. The third-order valence-electron chi connectivity index (χ3n) is 4.86. The van der Waals surface area contributed by atoms with E-state index in [0.29, 0.717) is 12.5 Å². The first-order chi connectivity index (χ1) is 11.4. The number of hydrogen-bond acceptors (Lipinski definition) is 3. The van der Waals surface area contributed by atoms with Crippen molar-refractivity contribution >= 4 is 5.71 Å². The molecular weight excluding hydrogens is 284 g/mol. The monoisotopic (exact) mass is 306 g/mol. The van der Waals surface area contributed by atoms with E-state index in [9.17, 15) is 0 Å². The van der Waals surface area contributed by atoms with Gasteiger partial charge in [0.1, 0.15) is 6.61 Å². The van der Waals surface area contributed by atoms with Crippen LogP contribution in [0.25, 0.3) is 0 Å². The quantitative estimate of drug-likeness (QED) is 0.787. The molecule has 0 amide bonds. The first-order valence-corrected chi connectivity index (χ1v) is 8.44. The van der Waals surface area contributed by atoms with Crippen molar-refractivity contribution in [2.45, 2.75) is 25.9 Å². The van der Waals surface area contributed by atoms with Gasteiger partial charge in [0.15, 0.2) is 0 Å². The van der Waals surface area contributed by atoms with Crippen LogP contribution < -0.4 is 0 Å². The van der Waals surface area contributed by atoms with Crippen molar-refractivity contribution in [3.63, 3.8) is 0 Å². The fraction of sp³-hybridized carbons (Fsp3) is 0.350. The number of fused-ring (bicyclic) bond motifs is 2. The lowest BCUT2D eigenvalue weighted by molar-refractivity contribution is 0.128. The molecule has 3 nitrogen and oxygen atoms in total.